The molecule has 1 heterocycles. The lowest BCUT2D eigenvalue weighted by Crippen LogP contribution is -2.36. The highest BCUT2D eigenvalue weighted by Gasteiger charge is 2.29. The Bertz CT molecular complexity index is 1590. The molecule has 0 aromatic heterocycles. The molecule has 0 unspecified atom stereocenters. The highest BCUT2D eigenvalue weighted by atomic mass is 32.2. The Kier molecular flexibility index (Phi) is 8.26. The molecule has 40 heavy (non-hydrogen) atoms. The molecular formula is C32H31N3O4S. The number of likely N-dealkylation sites (tertiary alicyclic amines) is 1. The van der Waals surface area contributed by atoms with Gasteiger partial charge in [0.25, 0.3) is 21.8 Å². The second-order valence-electron chi connectivity index (χ2n) is 9.68. The van der Waals surface area contributed by atoms with Crippen LogP contribution in [-0.4, -0.2) is 38.2 Å². The van der Waals surface area contributed by atoms with E-state index in [1.165, 1.54) is 4.31 Å². The minimum Gasteiger partial charge on any atom is -0.339 e. The van der Waals surface area contributed by atoms with Gasteiger partial charge in [-0.1, -0.05) is 72.8 Å². The van der Waals surface area contributed by atoms with Gasteiger partial charge in [0.1, 0.15) is 0 Å². The van der Waals surface area contributed by atoms with Crippen molar-refractivity contribution >= 4 is 33.2 Å². The van der Waals surface area contributed by atoms with E-state index in [1.807, 2.05) is 35.2 Å². The third kappa shape index (κ3) is 5.92. The first-order valence-electron chi connectivity index (χ1n) is 13.4. The van der Waals surface area contributed by atoms with Gasteiger partial charge in [0.15, 0.2) is 0 Å². The summed E-state index contributed by atoms with van der Waals surface area (Å²) >= 11 is 0. The summed E-state index contributed by atoms with van der Waals surface area (Å²) in [6, 6.07) is 31.0. The van der Waals surface area contributed by atoms with E-state index in [2.05, 4.69) is 5.32 Å². The van der Waals surface area contributed by atoms with Crippen molar-refractivity contribution < 1.29 is 18.0 Å². The lowest BCUT2D eigenvalue weighted by molar-refractivity contribution is 0.0725. The molecule has 2 amide bonds. The van der Waals surface area contributed by atoms with Crippen LogP contribution < -0.4 is 9.62 Å². The summed E-state index contributed by atoms with van der Waals surface area (Å²) in [5, 5.41) is 2.89. The minimum absolute atomic E-state index is 0.0341. The first kappa shape index (κ1) is 27.1. The molecule has 0 saturated carbocycles. The van der Waals surface area contributed by atoms with E-state index in [9.17, 15) is 18.0 Å². The van der Waals surface area contributed by atoms with Crippen molar-refractivity contribution in [3.05, 3.63) is 126 Å². The number of nitrogens with one attached hydrogen (secondary N) is 1. The van der Waals surface area contributed by atoms with Gasteiger partial charge >= 0.3 is 0 Å². The smallest absolute Gasteiger partial charge is 0.264 e. The molecular weight excluding hydrogens is 522 g/mol. The Balaban J connectivity index is 1.51. The van der Waals surface area contributed by atoms with Crippen LogP contribution in [0.5, 0.6) is 0 Å². The van der Waals surface area contributed by atoms with E-state index >= 15 is 0 Å². The van der Waals surface area contributed by atoms with E-state index in [1.54, 1.807) is 78.9 Å². The summed E-state index contributed by atoms with van der Waals surface area (Å²) in [5.41, 5.74) is 1.99. The van der Waals surface area contributed by atoms with E-state index in [0.717, 1.165) is 24.8 Å². The maximum Gasteiger partial charge on any atom is 0.264 e. The summed E-state index contributed by atoms with van der Waals surface area (Å²) < 4.78 is 29.1. The number of nitrogens with zero attached hydrogens (tertiary/aromatic N) is 2. The molecule has 4 aromatic carbocycles. The van der Waals surface area contributed by atoms with Crippen molar-refractivity contribution in [1.29, 1.82) is 0 Å². The summed E-state index contributed by atoms with van der Waals surface area (Å²) in [5.74, 6) is -0.628. The highest BCUT2D eigenvalue weighted by molar-refractivity contribution is 7.92. The fourth-order valence-corrected chi connectivity index (χ4v) is 6.38. The van der Waals surface area contributed by atoms with Gasteiger partial charge in [-0.2, -0.15) is 0 Å². The van der Waals surface area contributed by atoms with Gasteiger partial charge in [-0.3, -0.25) is 13.9 Å². The van der Waals surface area contributed by atoms with Crippen LogP contribution in [0.1, 0.15) is 45.5 Å². The topological polar surface area (TPSA) is 86.8 Å². The number of amides is 2. The molecule has 8 heteroatoms. The Morgan fingerprint density at radius 3 is 1.98 bits per heavy atom. The van der Waals surface area contributed by atoms with Gasteiger partial charge in [-0.15, -0.1) is 0 Å². The summed E-state index contributed by atoms with van der Waals surface area (Å²) in [6.07, 6.45) is 3.02. The van der Waals surface area contributed by atoms with Gasteiger partial charge < -0.3 is 10.2 Å². The van der Waals surface area contributed by atoms with Crippen molar-refractivity contribution in [1.82, 2.24) is 4.90 Å². The SMILES string of the molecule is O=C(Nc1ccccc1C(=O)N1CCCCC1)c1ccccc1N(Cc1ccccc1)S(=O)(=O)c1ccccc1. The number of sulfonamides is 1. The van der Waals surface area contributed by atoms with Crippen LogP contribution in [0.25, 0.3) is 0 Å². The van der Waals surface area contributed by atoms with E-state index in [0.29, 0.717) is 24.3 Å². The number of carbonyl (C=O) groups excluding carboxylic acids is 2. The van der Waals surface area contributed by atoms with Crippen molar-refractivity contribution in [3.63, 3.8) is 0 Å². The lowest BCUT2D eigenvalue weighted by atomic mass is 10.1. The summed E-state index contributed by atoms with van der Waals surface area (Å²) in [7, 11) is -4.02. The Morgan fingerprint density at radius 2 is 1.27 bits per heavy atom. The average molecular weight is 554 g/mol. The number of para-hydroxylation sites is 2. The summed E-state index contributed by atoms with van der Waals surface area (Å²) in [6.45, 7) is 1.41. The predicted octanol–water partition coefficient (Wildman–Crippen LogP) is 5.96. The molecule has 1 N–H and O–H groups in total. The molecule has 0 radical (unpaired) electrons. The Labute approximate surface area is 235 Å². The molecule has 5 rings (SSSR count). The molecule has 204 valence electrons. The molecule has 7 nitrogen and oxygen atoms in total. The second kappa shape index (κ2) is 12.2. The van der Waals surface area contributed by atoms with Crippen molar-refractivity contribution in [2.45, 2.75) is 30.7 Å². The molecule has 1 aliphatic rings. The molecule has 0 atom stereocenters. The zero-order valence-corrected chi connectivity index (χ0v) is 22.9. The van der Waals surface area contributed by atoms with Gasteiger partial charge in [-0.25, -0.2) is 8.42 Å². The largest absolute Gasteiger partial charge is 0.339 e. The first-order valence-corrected chi connectivity index (χ1v) is 14.8. The highest BCUT2D eigenvalue weighted by Crippen LogP contribution is 2.30. The Morgan fingerprint density at radius 1 is 0.700 bits per heavy atom. The minimum atomic E-state index is -4.02. The van der Waals surface area contributed by atoms with E-state index in [-0.39, 0.29) is 28.6 Å². The standard InChI is InChI=1S/C32H31N3O4S/c36-31(33-29-20-10-8-18-27(29)32(37)34-22-12-3-13-23-34)28-19-9-11-21-30(28)35(24-25-14-4-1-5-15-25)40(38,39)26-16-6-2-7-17-26/h1-2,4-11,14-21H,3,12-13,22-24H2,(H,33,36). The van der Waals surface area contributed by atoms with Crippen LogP contribution in [0.4, 0.5) is 11.4 Å². The third-order valence-corrected chi connectivity index (χ3v) is 8.74. The maximum atomic E-state index is 13.9. The fourth-order valence-electron chi connectivity index (χ4n) is 4.89. The molecule has 0 bridgehead atoms. The number of anilines is 2. The zero-order chi connectivity index (χ0) is 28.0. The normalized spacial score (nSPS) is 13.4. The van der Waals surface area contributed by atoms with Gasteiger partial charge in [0.2, 0.25) is 0 Å². The average Bonchev–Trinajstić information content (AvgIpc) is 3.01. The van der Waals surface area contributed by atoms with Crippen LogP contribution in [-0.2, 0) is 16.6 Å². The molecule has 0 aliphatic carbocycles. The quantitative estimate of drug-likeness (QED) is 0.292. The number of hydrogen-bond donors (Lipinski definition) is 1. The monoisotopic (exact) mass is 553 g/mol. The predicted molar refractivity (Wildman–Crippen MR) is 157 cm³/mol. The van der Waals surface area contributed by atoms with E-state index < -0.39 is 15.9 Å². The third-order valence-electron chi connectivity index (χ3n) is 6.97. The van der Waals surface area contributed by atoms with Crippen LogP contribution in [0.3, 0.4) is 0 Å². The molecule has 1 fully saturated rings. The maximum absolute atomic E-state index is 13.9. The van der Waals surface area contributed by atoms with Crippen molar-refractivity contribution in [3.8, 4) is 0 Å². The van der Waals surface area contributed by atoms with Crippen molar-refractivity contribution in [2.75, 3.05) is 22.7 Å². The zero-order valence-electron chi connectivity index (χ0n) is 22.1. The van der Waals surface area contributed by atoms with Gasteiger partial charge in [0.05, 0.1) is 33.9 Å². The molecule has 0 spiro atoms. The van der Waals surface area contributed by atoms with Crippen molar-refractivity contribution in [2.24, 2.45) is 0 Å². The van der Waals surface area contributed by atoms with Gasteiger partial charge in [0, 0.05) is 13.1 Å². The Hall–Kier alpha value is -4.43. The first-order chi connectivity index (χ1) is 19.4. The number of piperidine rings is 1. The lowest BCUT2D eigenvalue weighted by Gasteiger charge is -2.28. The number of carbonyl (C=O) groups is 2. The summed E-state index contributed by atoms with van der Waals surface area (Å²) in [4.78, 5) is 29.0. The fraction of sp³-hybridized carbons (Fsp3) is 0.188. The van der Waals surface area contributed by atoms with E-state index in [4.69, 9.17) is 0 Å². The number of benzene rings is 4. The number of hydrogen-bond acceptors (Lipinski definition) is 4. The van der Waals surface area contributed by atoms with Crippen LogP contribution in [0.2, 0.25) is 0 Å². The van der Waals surface area contributed by atoms with Crippen LogP contribution in [0.15, 0.2) is 114 Å². The van der Waals surface area contributed by atoms with Crippen LogP contribution >= 0.6 is 0 Å². The molecule has 1 aliphatic heterocycles. The molecule has 1 saturated heterocycles. The van der Waals surface area contributed by atoms with Crippen LogP contribution in [0, 0.1) is 0 Å². The van der Waals surface area contributed by atoms with Gasteiger partial charge in [-0.05, 0) is 61.2 Å². The second-order valence-corrected chi connectivity index (χ2v) is 11.5. The number of rotatable bonds is 8. The molecule has 4 aromatic rings.